The van der Waals surface area contributed by atoms with E-state index in [9.17, 15) is 0 Å². The van der Waals surface area contributed by atoms with Gasteiger partial charge in [0.1, 0.15) is 0 Å². The predicted molar refractivity (Wildman–Crippen MR) is 73.8 cm³/mol. The van der Waals surface area contributed by atoms with Gasteiger partial charge in [-0.1, -0.05) is 27.7 Å². The zero-order valence-electron chi connectivity index (χ0n) is 12.3. The first kappa shape index (κ1) is 16.8. The Hall–Kier alpha value is -0.160. The van der Waals surface area contributed by atoms with E-state index < -0.39 is 0 Å². The molecule has 0 heterocycles. The van der Waals surface area contributed by atoms with Crippen LogP contribution in [0.5, 0.6) is 0 Å². The summed E-state index contributed by atoms with van der Waals surface area (Å²) >= 11 is 0. The molecule has 0 radical (unpaired) electrons. The predicted octanol–water partition coefficient (Wildman–Crippen LogP) is 1.76. The Morgan fingerprint density at radius 1 is 1.24 bits per heavy atom. The smallest absolute Gasteiger partial charge is 0.0651 e. The highest BCUT2D eigenvalue weighted by Gasteiger charge is 2.36. The van der Waals surface area contributed by atoms with E-state index in [1.54, 1.807) is 0 Å². The summed E-state index contributed by atoms with van der Waals surface area (Å²) in [5.74, 6) is 5.71. The normalized spacial score (nSPS) is 17.1. The zero-order chi connectivity index (χ0) is 13.3. The SMILES string of the molecule is CCCOCC(NN)C(C)(CC)N(CC)CC. The van der Waals surface area contributed by atoms with Crippen LogP contribution in [0.1, 0.15) is 47.5 Å². The topological polar surface area (TPSA) is 50.5 Å². The number of nitrogens with one attached hydrogen (secondary N) is 1. The Kier molecular flexibility index (Phi) is 8.78. The lowest BCUT2D eigenvalue weighted by Crippen LogP contribution is -2.62. The highest BCUT2D eigenvalue weighted by atomic mass is 16.5. The zero-order valence-corrected chi connectivity index (χ0v) is 12.3. The third-order valence-corrected chi connectivity index (χ3v) is 3.79. The summed E-state index contributed by atoms with van der Waals surface area (Å²) in [6.45, 7) is 14.5. The van der Waals surface area contributed by atoms with Crippen LogP contribution < -0.4 is 11.3 Å². The molecular formula is C13H31N3O. The Morgan fingerprint density at radius 3 is 2.18 bits per heavy atom. The van der Waals surface area contributed by atoms with E-state index in [0.717, 1.165) is 32.5 Å². The van der Waals surface area contributed by atoms with E-state index in [1.807, 2.05) is 0 Å². The van der Waals surface area contributed by atoms with Crippen LogP contribution >= 0.6 is 0 Å². The molecule has 0 bridgehead atoms. The van der Waals surface area contributed by atoms with Crippen molar-refractivity contribution in [2.45, 2.75) is 59.0 Å². The van der Waals surface area contributed by atoms with Gasteiger partial charge >= 0.3 is 0 Å². The molecule has 0 saturated carbocycles. The molecule has 0 amide bonds. The van der Waals surface area contributed by atoms with Gasteiger partial charge in [0.2, 0.25) is 0 Å². The van der Waals surface area contributed by atoms with Gasteiger partial charge in [-0.15, -0.1) is 0 Å². The van der Waals surface area contributed by atoms with Crippen LogP contribution in [0.25, 0.3) is 0 Å². The van der Waals surface area contributed by atoms with Gasteiger partial charge < -0.3 is 4.74 Å². The first-order valence-corrected chi connectivity index (χ1v) is 6.89. The minimum absolute atomic E-state index is 0.0476. The van der Waals surface area contributed by atoms with Crippen LogP contribution in [-0.4, -0.2) is 42.8 Å². The first-order valence-electron chi connectivity index (χ1n) is 6.89. The van der Waals surface area contributed by atoms with Crippen molar-refractivity contribution in [2.24, 2.45) is 5.84 Å². The summed E-state index contributed by atoms with van der Waals surface area (Å²) in [4.78, 5) is 2.45. The maximum atomic E-state index is 5.71. The van der Waals surface area contributed by atoms with Crippen molar-refractivity contribution in [2.75, 3.05) is 26.3 Å². The van der Waals surface area contributed by atoms with E-state index in [0.29, 0.717) is 6.61 Å². The third kappa shape index (κ3) is 4.54. The number of ether oxygens (including phenoxy) is 1. The Bertz CT molecular complexity index is 186. The molecule has 4 heteroatoms. The molecule has 0 aromatic carbocycles. The molecule has 0 fully saturated rings. The molecular weight excluding hydrogens is 214 g/mol. The molecule has 0 spiro atoms. The second kappa shape index (κ2) is 8.86. The maximum absolute atomic E-state index is 5.71. The summed E-state index contributed by atoms with van der Waals surface area (Å²) in [5, 5.41) is 0. The largest absolute Gasteiger partial charge is 0.380 e. The Morgan fingerprint density at radius 2 is 1.82 bits per heavy atom. The number of nitrogens with two attached hydrogens (primary N) is 1. The standard InChI is InChI=1S/C13H31N3O/c1-6-10-17-11-12(15-14)13(5,7-2)16(8-3)9-4/h12,15H,6-11,14H2,1-5H3. The molecule has 2 atom stereocenters. The molecule has 0 aromatic heterocycles. The third-order valence-electron chi connectivity index (χ3n) is 3.79. The molecule has 0 aliphatic carbocycles. The number of likely N-dealkylation sites (N-methyl/N-ethyl adjacent to an activating group) is 1. The van der Waals surface area contributed by atoms with E-state index >= 15 is 0 Å². The fourth-order valence-electron chi connectivity index (χ4n) is 2.39. The number of nitrogens with zero attached hydrogens (tertiary/aromatic N) is 1. The van der Waals surface area contributed by atoms with E-state index in [1.165, 1.54) is 0 Å². The highest BCUT2D eigenvalue weighted by Crippen LogP contribution is 2.23. The average Bonchev–Trinajstić information content (AvgIpc) is 2.35. The van der Waals surface area contributed by atoms with Crippen molar-refractivity contribution in [3.05, 3.63) is 0 Å². The lowest BCUT2D eigenvalue weighted by atomic mass is 9.87. The van der Waals surface area contributed by atoms with Gasteiger partial charge in [0, 0.05) is 12.1 Å². The minimum atomic E-state index is 0.0476. The van der Waals surface area contributed by atoms with Gasteiger partial charge in [0.15, 0.2) is 0 Å². The minimum Gasteiger partial charge on any atom is -0.380 e. The maximum Gasteiger partial charge on any atom is 0.0651 e. The molecule has 0 aliphatic rings. The van der Waals surface area contributed by atoms with E-state index in [2.05, 4.69) is 44.9 Å². The summed E-state index contributed by atoms with van der Waals surface area (Å²) in [6, 6.07) is 0.166. The van der Waals surface area contributed by atoms with Gasteiger partial charge in [-0.2, -0.15) is 0 Å². The van der Waals surface area contributed by atoms with Gasteiger partial charge in [-0.25, -0.2) is 0 Å². The number of rotatable bonds is 10. The quantitative estimate of drug-likeness (QED) is 0.350. The van der Waals surface area contributed by atoms with Crippen LogP contribution in [-0.2, 0) is 4.74 Å². The summed E-state index contributed by atoms with van der Waals surface area (Å²) < 4.78 is 5.65. The first-order chi connectivity index (χ1) is 8.10. The van der Waals surface area contributed by atoms with Crippen molar-refractivity contribution >= 4 is 0 Å². The van der Waals surface area contributed by atoms with Crippen molar-refractivity contribution in [3.8, 4) is 0 Å². The van der Waals surface area contributed by atoms with Crippen molar-refractivity contribution in [1.82, 2.24) is 10.3 Å². The van der Waals surface area contributed by atoms with Crippen molar-refractivity contribution in [1.29, 1.82) is 0 Å². The second-order valence-corrected chi connectivity index (χ2v) is 4.68. The number of hydrogen-bond acceptors (Lipinski definition) is 4. The van der Waals surface area contributed by atoms with Crippen molar-refractivity contribution < 1.29 is 4.74 Å². The monoisotopic (exact) mass is 245 g/mol. The fraction of sp³-hybridized carbons (Fsp3) is 1.00. The highest BCUT2D eigenvalue weighted by molar-refractivity contribution is 4.94. The van der Waals surface area contributed by atoms with Crippen LogP contribution in [0.15, 0.2) is 0 Å². The average molecular weight is 245 g/mol. The molecule has 4 nitrogen and oxygen atoms in total. The molecule has 0 rings (SSSR count). The van der Waals surface area contributed by atoms with Gasteiger partial charge in [-0.05, 0) is 32.9 Å². The number of hydrogen-bond donors (Lipinski definition) is 2. The van der Waals surface area contributed by atoms with Crippen LogP contribution in [0.4, 0.5) is 0 Å². The summed E-state index contributed by atoms with van der Waals surface area (Å²) in [6.07, 6.45) is 2.10. The summed E-state index contributed by atoms with van der Waals surface area (Å²) in [5.41, 5.74) is 2.98. The van der Waals surface area contributed by atoms with E-state index in [-0.39, 0.29) is 11.6 Å². The van der Waals surface area contributed by atoms with Crippen LogP contribution in [0.2, 0.25) is 0 Å². The van der Waals surface area contributed by atoms with Gasteiger partial charge in [0.05, 0.1) is 12.6 Å². The Balaban J connectivity index is 4.63. The Labute approximate surface area is 107 Å². The lowest BCUT2D eigenvalue weighted by molar-refractivity contribution is 0.0174. The molecule has 2 unspecified atom stereocenters. The lowest BCUT2D eigenvalue weighted by Gasteiger charge is -2.45. The van der Waals surface area contributed by atoms with Crippen LogP contribution in [0.3, 0.4) is 0 Å². The van der Waals surface area contributed by atoms with Gasteiger partial charge in [0.25, 0.3) is 0 Å². The molecule has 104 valence electrons. The fourth-order valence-corrected chi connectivity index (χ4v) is 2.39. The molecule has 0 saturated heterocycles. The molecule has 0 aromatic rings. The van der Waals surface area contributed by atoms with E-state index in [4.69, 9.17) is 10.6 Å². The molecule has 17 heavy (non-hydrogen) atoms. The number of hydrazine groups is 1. The molecule has 0 aliphatic heterocycles. The summed E-state index contributed by atoms with van der Waals surface area (Å²) in [7, 11) is 0. The second-order valence-electron chi connectivity index (χ2n) is 4.68. The van der Waals surface area contributed by atoms with Crippen molar-refractivity contribution in [3.63, 3.8) is 0 Å². The van der Waals surface area contributed by atoms with Gasteiger partial charge in [-0.3, -0.25) is 16.2 Å². The van der Waals surface area contributed by atoms with Crippen LogP contribution in [0, 0.1) is 0 Å². The molecule has 3 N–H and O–H groups in total.